The number of anilines is 1. The van der Waals surface area contributed by atoms with Crippen LogP contribution in [0, 0.1) is 0 Å². The molecule has 3 N–H and O–H groups in total. The molecular formula is C28H30N8O. The number of hydrogen-bond donors (Lipinski definition) is 3. The van der Waals surface area contributed by atoms with Crippen LogP contribution in [0.4, 0.5) is 5.82 Å². The van der Waals surface area contributed by atoms with Gasteiger partial charge >= 0.3 is 0 Å². The van der Waals surface area contributed by atoms with Crippen molar-refractivity contribution in [1.82, 2.24) is 35.5 Å². The number of fused-ring (bicyclic) bond motifs is 2. The molecule has 0 unspecified atom stereocenters. The highest BCUT2D eigenvalue weighted by molar-refractivity contribution is 5.99. The highest BCUT2D eigenvalue weighted by Gasteiger charge is 2.19. The maximum atomic E-state index is 6.21. The fraction of sp³-hybridized carbons (Fsp3) is 0.357. The van der Waals surface area contributed by atoms with Gasteiger partial charge in [-0.1, -0.05) is 0 Å². The minimum Gasteiger partial charge on any atom is -0.489 e. The molecule has 9 nitrogen and oxygen atoms in total. The molecule has 2 aliphatic rings. The van der Waals surface area contributed by atoms with E-state index in [1.807, 2.05) is 30.7 Å². The molecule has 0 amide bonds. The maximum Gasteiger partial charge on any atom is 0.138 e. The lowest BCUT2D eigenvalue weighted by molar-refractivity contribution is 0.162. The summed E-state index contributed by atoms with van der Waals surface area (Å²) in [4.78, 5) is 19.8. The quantitative estimate of drug-likeness (QED) is 0.325. The van der Waals surface area contributed by atoms with Crippen LogP contribution >= 0.6 is 0 Å². The molecule has 5 aromatic rings. The van der Waals surface area contributed by atoms with E-state index in [-0.39, 0.29) is 6.10 Å². The van der Waals surface area contributed by atoms with Crippen molar-refractivity contribution in [3.05, 3.63) is 49.1 Å². The Morgan fingerprint density at radius 1 is 0.892 bits per heavy atom. The number of pyridine rings is 3. The van der Waals surface area contributed by atoms with E-state index in [1.165, 1.54) is 19.3 Å². The van der Waals surface area contributed by atoms with Crippen molar-refractivity contribution in [3.8, 4) is 28.4 Å². The van der Waals surface area contributed by atoms with Crippen molar-refractivity contribution in [2.24, 2.45) is 0 Å². The second-order valence-corrected chi connectivity index (χ2v) is 9.99. The Morgan fingerprint density at radius 3 is 2.68 bits per heavy atom. The van der Waals surface area contributed by atoms with Crippen LogP contribution in [-0.2, 0) is 0 Å². The Morgan fingerprint density at radius 2 is 1.78 bits per heavy atom. The molecule has 0 aliphatic carbocycles. The van der Waals surface area contributed by atoms with E-state index in [0.29, 0.717) is 0 Å². The van der Waals surface area contributed by atoms with Crippen molar-refractivity contribution in [2.45, 2.75) is 38.2 Å². The summed E-state index contributed by atoms with van der Waals surface area (Å²) < 4.78 is 6.21. The zero-order chi connectivity index (χ0) is 24.6. The molecule has 2 saturated heterocycles. The van der Waals surface area contributed by atoms with Crippen molar-refractivity contribution >= 4 is 27.6 Å². The van der Waals surface area contributed by atoms with Crippen LogP contribution in [0.1, 0.15) is 32.1 Å². The van der Waals surface area contributed by atoms with E-state index in [1.54, 1.807) is 6.20 Å². The van der Waals surface area contributed by atoms with E-state index in [4.69, 9.17) is 9.72 Å². The van der Waals surface area contributed by atoms with Gasteiger partial charge in [0, 0.05) is 41.8 Å². The molecule has 0 atom stereocenters. The van der Waals surface area contributed by atoms with Crippen LogP contribution in [0.25, 0.3) is 44.5 Å². The first-order valence-electron chi connectivity index (χ1n) is 13.2. The number of rotatable bonds is 5. The average molecular weight is 495 g/mol. The van der Waals surface area contributed by atoms with E-state index < -0.39 is 0 Å². The molecule has 2 fully saturated rings. The molecule has 0 spiro atoms. The Balaban J connectivity index is 1.23. The van der Waals surface area contributed by atoms with Crippen molar-refractivity contribution in [2.75, 3.05) is 31.1 Å². The molecule has 5 aromatic heterocycles. The highest BCUT2D eigenvalue weighted by atomic mass is 16.5. The van der Waals surface area contributed by atoms with Gasteiger partial charge in [-0.3, -0.25) is 15.1 Å². The summed E-state index contributed by atoms with van der Waals surface area (Å²) in [5.41, 5.74) is 5.56. The second-order valence-electron chi connectivity index (χ2n) is 9.99. The Labute approximate surface area is 214 Å². The van der Waals surface area contributed by atoms with Crippen molar-refractivity contribution in [3.63, 3.8) is 0 Å². The largest absolute Gasteiger partial charge is 0.489 e. The van der Waals surface area contributed by atoms with E-state index >= 15 is 0 Å². The summed E-state index contributed by atoms with van der Waals surface area (Å²) in [6, 6.07) is 8.32. The zero-order valence-corrected chi connectivity index (χ0v) is 20.7. The van der Waals surface area contributed by atoms with Gasteiger partial charge < -0.3 is 19.9 Å². The third kappa shape index (κ3) is 4.29. The molecule has 188 valence electrons. The molecule has 2 aliphatic heterocycles. The second kappa shape index (κ2) is 9.48. The number of nitrogens with zero attached hydrogens (tertiary/aromatic N) is 5. The van der Waals surface area contributed by atoms with Gasteiger partial charge in [0.2, 0.25) is 0 Å². The van der Waals surface area contributed by atoms with Gasteiger partial charge in [-0.2, -0.15) is 5.10 Å². The summed E-state index contributed by atoms with van der Waals surface area (Å²) in [5.74, 6) is 1.84. The third-order valence-corrected chi connectivity index (χ3v) is 7.48. The fourth-order valence-corrected chi connectivity index (χ4v) is 5.53. The molecule has 9 heteroatoms. The van der Waals surface area contributed by atoms with Crippen LogP contribution in [0.3, 0.4) is 0 Å². The topological polar surface area (TPSA) is 108 Å². The summed E-state index contributed by atoms with van der Waals surface area (Å²) in [6.07, 6.45) is 13.3. The third-order valence-electron chi connectivity index (χ3n) is 7.48. The summed E-state index contributed by atoms with van der Waals surface area (Å²) in [7, 11) is 0. The number of aromatic nitrogens is 6. The van der Waals surface area contributed by atoms with Gasteiger partial charge in [0.15, 0.2) is 0 Å². The predicted octanol–water partition coefficient (Wildman–Crippen LogP) is 4.68. The van der Waals surface area contributed by atoms with Crippen LogP contribution in [0.5, 0.6) is 5.75 Å². The molecule has 7 rings (SSSR count). The zero-order valence-electron chi connectivity index (χ0n) is 20.7. The first-order chi connectivity index (χ1) is 18.3. The molecular weight excluding hydrogens is 464 g/mol. The molecule has 37 heavy (non-hydrogen) atoms. The lowest BCUT2D eigenvalue weighted by atomic mass is 10.1. The Hall–Kier alpha value is -3.98. The molecule has 0 saturated carbocycles. The van der Waals surface area contributed by atoms with E-state index in [2.05, 4.69) is 47.5 Å². The average Bonchev–Trinajstić information content (AvgIpc) is 3.58. The van der Waals surface area contributed by atoms with E-state index in [0.717, 1.165) is 95.0 Å². The van der Waals surface area contributed by atoms with Gasteiger partial charge in [0.05, 0.1) is 34.8 Å². The monoisotopic (exact) mass is 494 g/mol. The number of hydrogen-bond acceptors (Lipinski definition) is 7. The van der Waals surface area contributed by atoms with Gasteiger partial charge in [0.1, 0.15) is 23.4 Å². The number of piperidine rings is 2. The Kier molecular flexibility index (Phi) is 5.70. The molecule has 0 radical (unpaired) electrons. The van der Waals surface area contributed by atoms with Gasteiger partial charge in [-0.05, 0) is 69.5 Å². The van der Waals surface area contributed by atoms with Crippen LogP contribution in [0.2, 0.25) is 0 Å². The normalized spacial score (nSPS) is 17.0. The number of H-pyrrole nitrogens is 2. The minimum absolute atomic E-state index is 0.223. The number of nitrogens with one attached hydrogen (secondary N) is 3. The predicted molar refractivity (Wildman–Crippen MR) is 145 cm³/mol. The summed E-state index contributed by atoms with van der Waals surface area (Å²) in [6.45, 7) is 4.09. The first kappa shape index (κ1) is 22.2. The van der Waals surface area contributed by atoms with Crippen LogP contribution < -0.4 is 15.0 Å². The number of aromatic amines is 2. The van der Waals surface area contributed by atoms with Crippen LogP contribution in [-0.4, -0.2) is 62.4 Å². The minimum atomic E-state index is 0.223. The lowest BCUT2D eigenvalue weighted by Crippen LogP contribution is -2.34. The lowest BCUT2D eigenvalue weighted by Gasteiger charge is -2.28. The first-order valence-corrected chi connectivity index (χ1v) is 13.2. The summed E-state index contributed by atoms with van der Waals surface area (Å²) >= 11 is 0. The molecule has 0 bridgehead atoms. The van der Waals surface area contributed by atoms with Crippen molar-refractivity contribution < 1.29 is 4.74 Å². The maximum absolute atomic E-state index is 6.21. The van der Waals surface area contributed by atoms with Crippen molar-refractivity contribution in [1.29, 1.82) is 0 Å². The molecule has 0 aromatic carbocycles. The SMILES string of the molecule is c1cc2[nH]c(-c3n[nH]c4cnc(-c5cncc(OC6CCNCC6)c5)cc34)cc2c(N2CCCCC2)n1. The smallest absolute Gasteiger partial charge is 0.138 e. The Bertz CT molecular complexity index is 1540. The van der Waals surface area contributed by atoms with Gasteiger partial charge in [-0.25, -0.2) is 4.98 Å². The number of ether oxygens (including phenoxy) is 1. The van der Waals surface area contributed by atoms with Crippen LogP contribution in [0.15, 0.2) is 49.1 Å². The molecule has 7 heterocycles. The summed E-state index contributed by atoms with van der Waals surface area (Å²) in [5, 5.41) is 13.3. The van der Waals surface area contributed by atoms with Gasteiger partial charge in [-0.15, -0.1) is 0 Å². The highest BCUT2D eigenvalue weighted by Crippen LogP contribution is 2.34. The fourth-order valence-electron chi connectivity index (χ4n) is 5.53. The van der Waals surface area contributed by atoms with E-state index in [9.17, 15) is 0 Å². The van der Waals surface area contributed by atoms with Gasteiger partial charge in [0.25, 0.3) is 0 Å². The standard InChI is InChI=1S/C28H30N8O/c1-2-10-36(11-3-1)28-22-14-25(33-23(22)6-9-31-28)27-21-13-24(32-17-26(21)34-35-27)18-12-20(16-30-15-18)37-19-4-7-29-8-5-19/h6,9,12-17,19,29,33H,1-5,7-8,10-11H2,(H,34,35).